The van der Waals surface area contributed by atoms with Crippen molar-refractivity contribution >= 4 is 15.7 Å². The molecular weight excluding hydrogens is 154 g/mol. The van der Waals surface area contributed by atoms with E-state index < -0.39 is 15.1 Å². The van der Waals surface area contributed by atoms with E-state index in [2.05, 4.69) is 5.32 Å². The molecule has 1 heterocycles. The Labute approximate surface area is 59.5 Å². The lowest BCUT2D eigenvalue weighted by molar-refractivity contribution is -0.118. The van der Waals surface area contributed by atoms with Gasteiger partial charge in [-0.25, -0.2) is 8.42 Å². The van der Waals surface area contributed by atoms with Crippen LogP contribution in [0, 0.1) is 0 Å². The minimum Gasteiger partial charge on any atom is -0.355 e. The van der Waals surface area contributed by atoms with Gasteiger partial charge in [-0.15, -0.1) is 0 Å². The van der Waals surface area contributed by atoms with Crippen molar-refractivity contribution in [3.05, 3.63) is 0 Å². The Kier molecular flexibility index (Phi) is 1.68. The molecule has 58 valence electrons. The highest BCUT2D eigenvalue weighted by molar-refractivity contribution is 7.92. The van der Waals surface area contributed by atoms with Gasteiger partial charge in [-0.3, -0.25) is 4.79 Å². The van der Waals surface area contributed by atoms with Crippen molar-refractivity contribution in [2.45, 2.75) is 11.7 Å². The van der Waals surface area contributed by atoms with Crippen LogP contribution in [0.1, 0.15) is 6.42 Å². The largest absolute Gasteiger partial charge is 0.355 e. The SMILES string of the molecule is CS(=O)(=O)C1CCNC1=O. The summed E-state index contributed by atoms with van der Waals surface area (Å²) in [5.74, 6) is -0.359. The number of carbonyl (C=O) groups excluding carboxylic acids is 1. The summed E-state index contributed by atoms with van der Waals surface area (Å²) in [4.78, 5) is 10.7. The summed E-state index contributed by atoms with van der Waals surface area (Å²) in [6.45, 7) is 0.483. The van der Waals surface area contributed by atoms with Crippen LogP contribution in [0.5, 0.6) is 0 Å². The van der Waals surface area contributed by atoms with Crippen molar-refractivity contribution in [1.82, 2.24) is 5.32 Å². The zero-order valence-electron chi connectivity index (χ0n) is 5.62. The molecule has 0 spiro atoms. The predicted molar refractivity (Wildman–Crippen MR) is 36.3 cm³/mol. The first-order chi connectivity index (χ1) is 4.52. The number of hydrogen-bond acceptors (Lipinski definition) is 3. The Morgan fingerprint density at radius 3 is 2.40 bits per heavy atom. The van der Waals surface area contributed by atoms with Gasteiger partial charge in [0.1, 0.15) is 5.25 Å². The maximum atomic E-state index is 10.8. The van der Waals surface area contributed by atoms with E-state index in [1.54, 1.807) is 0 Å². The first-order valence-corrected chi connectivity index (χ1v) is 4.94. The van der Waals surface area contributed by atoms with Gasteiger partial charge < -0.3 is 5.32 Å². The van der Waals surface area contributed by atoms with Crippen LogP contribution in [-0.4, -0.2) is 32.4 Å². The molecule has 1 aliphatic heterocycles. The van der Waals surface area contributed by atoms with E-state index in [4.69, 9.17) is 0 Å². The van der Waals surface area contributed by atoms with Gasteiger partial charge in [0.2, 0.25) is 5.91 Å². The van der Waals surface area contributed by atoms with Crippen molar-refractivity contribution in [1.29, 1.82) is 0 Å². The molecule has 1 rings (SSSR count). The topological polar surface area (TPSA) is 63.2 Å². The Morgan fingerprint density at radius 2 is 2.20 bits per heavy atom. The summed E-state index contributed by atoms with van der Waals surface area (Å²) >= 11 is 0. The van der Waals surface area contributed by atoms with Crippen LogP contribution in [0.4, 0.5) is 0 Å². The van der Waals surface area contributed by atoms with E-state index in [0.717, 1.165) is 6.26 Å². The fourth-order valence-electron chi connectivity index (χ4n) is 0.980. The van der Waals surface area contributed by atoms with Gasteiger partial charge in [-0.2, -0.15) is 0 Å². The Bertz CT molecular complexity index is 244. The summed E-state index contributed by atoms with van der Waals surface area (Å²) < 4.78 is 21.6. The standard InChI is InChI=1S/C5H9NO3S/c1-10(8,9)4-2-3-6-5(4)7/h4H,2-3H2,1H3,(H,6,7). The molecule has 0 bridgehead atoms. The summed E-state index contributed by atoms with van der Waals surface area (Å²) in [6.07, 6.45) is 1.50. The monoisotopic (exact) mass is 163 g/mol. The second-order valence-electron chi connectivity index (χ2n) is 2.40. The fraction of sp³-hybridized carbons (Fsp3) is 0.800. The molecule has 0 aromatic heterocycles. The molecule has 1 atom stereocenters. The molecule has 0 radical (unpaired) electrons. The molecule has 4 nitrogen and oxygen atoms in total. The first-order valence-electron chi connectivity index (χ1n) is 2.98. The highest BCUT2D eigenvalue weighted by Crippen LogP contribution is 2.08. The lowest BCUT2D eigenvalue weighted by atomic mass is 10.4. The van der Waals surface area contributed by atoms with Crippen LogP contribution in [0.3, 0.4) is 0 Å². The Balaban J connectivity index is 2.84. The summed E-state index contributed by atoms with van der Waals surface area (Å²) in [5, 5.41) is 1.66. The van der Waals surface area contributed by atoms with Crippen molar-refractivity contribution in [3.63, 3.8) is 0 Å². The maximum absolute atomic E-state index is 10.8. The molecule has 0 saturated carbocycles. The highest BCUT2D eigenvalue weighted by atomic mass is 32.2. The van der Waals surface area contributed by atoms with Crippen LogP contribution in [0.15, 0.2) is 0 Å². The quantitative estimate of drug-likeness (QED) is 0.534. The van der Waals surface area contributed by atoms with Gasteiger partial charge in [-0.1, -0.05) is 0 Å². The zero-order valence-corrected chi connectivity index (χ0v) is 6.44. The van der Waals surface area contributed by atoms with Crippen LogP contribution >= 0.6 is 0 Å². The van der Waals surface area contributed by atoms with Crippen molar-refractivity contribution < 1.29 is 13.2 Å². The van der Waals surface area contributed by atoms with E-state index in [-0.39, 0.29) is 5.91 Å². The molecule has 1 fully saturated rings. The van der Waals surface area contributed by atoms with E-state index >= 15 is 0 Å². The van der Waals surface area contributed by atoms with Crippen molar-refractivity contribution in [2.24, 2.45) is 0 Å². The van der Waals surface area contributed by atoms with E-state index in [0.29, 0.717) is 13.0 Å². The Hall–Kier alpha value is -0.580. The number of nitrogens with one attached hydrogen (secondary N) is 1. The molecule has 0 aliphatic carbocycles. The number of hydrogen-bond donors (Lipinski definition) is 1. The zero-order chi connectivity index (χ0) is 7.78. The average molecular weight is 163 g/mol. The molecular formula is C5H9NO3S. The second kappa shape index (κ2) is 2.23. The molecule has 0 aromatic rings. The average Bonchev–Trinajstić information content (AvgIpc) is 2.11. The van der Waals surface area contributed by atoms with Crippen molar-refractivity contribution in [2.75, 3.05) is 12.8 Å². The minimum absolute atomic E-state index is 0.359. The van der Waals surface area contributed by atoms with Gasteiger partial charge in [0.15, 0.2) is 9.84 Å². The summed E-state index contributed by atoms with van der Waals surface area (Å²) in [6, 6.07) is 0. The summed E-state index contributed by atoms with van der Waals surface area (Å²) in [7, 11) is -3.16. The van der Waals surface area contributed by atoms with E-state index in [1.807, 2.05) is 0 Å². The summed E-state index contributed by atoms with van der Waals surface area (Å²) in [5.41, 5.74) is 0. The third-order valence-electron chi connectivity index (χ3n) is 1.52. The number of amides is 1. The minimum atomic E-state index is -3.16. The third-order valence-corrected chi connectivity index (χ3v) is 3.00. The highest BCUT2D eigenvalue weighted by Gasteiger charge is 2.32. The smallest absolute Gasteiger partial charge is 0.238 e. The number of carbonyl (C=O) groups is 1. The Morgan fingerprint density at radius 1 is 1.60 bits per heavy atom. The molecule has 1 N–H and O–H groups in total. The number of sulfone groups is 1. The second-order valence-corrected chi connectivity index (χ2v) is 4.63. The molecule has 1 unspecified atom stereocenters. The normalized spacial score (nSPS) is 26.5. The van der Waals surface area contributed by atoms with Crippen LogP contribution in [0.25, 0.3) is 0 Å². The van der Waals surface area contributed by atoms with Crippen LogP contribution in [0.2, 0.25) is 0 Å². The molecule has 10 heavy (non-hydrogen) atoms. The van der Waals surface area contributed by atoms with Crippen LogP contribution < -0.4 is 5.32 Å². The number of rotatable bonds is 1. The fourth-order valence-corrected chi connectivity index (χ4v) is 2.00. The van der Waals surface area contributed by atoms with Gasteiger partial charge >= 0.3 is 0 Å². The van der Waals surface area contributed by atoms with Crippen molar-refractivity contribution in [3.8, 4) is 0 Å². The third kappa shape index (κ3) is 1.29. The molecule has 1 aliphatic rings. The first kappa shape index (κ1) is 7.53. The lowest BCUT2D eigenvalue weighted by Crippen LogP contribution is -2.29. The maximum Gasteiger partial charge on any atom is 0.238 e. The molecule has 1 amide bonds. The van der Waals surface area contributed by atoms with E-state index in [9.17, 15) is 13.2 Å². The molecule has 1 saturated heterocycles. The van der Waals surface area contributed by atoms with Gasteiger partial charge in [0.25, 0.3) is 0 Å². The van der Waals surface area contributed by atoms with Gasteiger partial charge in [0, 0.05) is 12.8 Å². The van der Waals surface area contributed by atoms with Gasteiger partial charge in [0.05, 0.1) is 0 Å². The molecule has 5 heteroatoms. The van der Waals surface area contributed by atoms with E-state index in [1.165, 1.54) is 0 Å². The lowest BCUT2D eigenvalue weighted by Gasteiger charge is -2.00. The van der Waals surface area contributed by atoms with Gasteiger partial charge in [-0.05, 0) is 6.42 Å². The molecule has 0 aromatic carbocycles. The predicted octanol–water partition coefficient (Wildman–Crippen LogP) is -1.08. The van der Waals surface area contributed by atoms with Crippen LogP contribution in [-0.2, 0) is 14.6 Å².